The Bertz CT molecular complexity index is 730. The summed E-state index contributed by atoms with van der Waals surface area (Å²) in [7, 11) is 3.12. The number of carbonyl (C=O) groups is 1. The van der Waals surface area contributed by atoms with Gasteiger partial charge in [0.25, 0.3) is 5.91 Å². The molecule has 2 N–H and O–H groups in total. The number of ether oxygens (including phenoxy) is 2. The van der Waals surface area contributed by atoms with E-state index in [1.165, 1.54) is 0 Å². The van der Waals surface area contributed by atoms with Crippen LogP contribution in [0.4, 0.5) is 0 Å². The Kier molecular flexibility index (Phi) is 4.42. The number of aromatic nitrogens is 1. The fourth-order valence-electron chi connectivity index (χ4n) is 1.75. The van der Waals surface area contributed by atoms with Crippen molar-refractivity contribution in [2.75, 3.05) is 14.2 Å². The lowest BCUT2D eigenvalue weighted by atomic mass is 10.1. The molecule has 2 aromatic rings. The molecule has 1 aromatic heterocycles. The summed E-state index contributed by atoms with van der Waals surface area (Å²) in [5.41, 5.74) is 6.64. The predicted molar refractivity (Wildman–Crippen MR) is 78.3 cm³/mol. The predicted octanol–water partition coefficient (Wildman–Crippen LogP) is 1.60. The molecule has 21 heavy (non-hydrogen) atoms. The summed E-state index contributed by atoms with van der Waals surface area (Å²) in [6.07, 6.45) is 1.56. The van der Waals surface area contributed by atoms with Gasteiger partial charge in [0.15, 0.2) is 11.5 Å². The van der Waals surface area contributed by atoms with Gasteiger partial charge in [-0.3, -0.25) is 4.79 Å². The Balaban J connectivity index is 2.38. The van der Waals surface area contributed by atoms with Crippen LogP contribution in [-0.4, -0.2) is 25.1 Å². The van der Waals surface area contributed by atoms with Crippen LogP contribution in [0.2, 0.25) is 0 Å². The number of primary amides is 1. The fraction of sp³-hybridized carbons (Fsp3) is 0.125. The van der Waals surface area contributed by atoms with Crippen molar-refractivity contribution in [1.29, 1.82) is 0 Å². The summed E-state index contributed by atoms with van der Waals surface area (Å²) < 4.78 is 10.4. The largest absolute Gasteiger partial charge is 0.493 e. The molecule has 0 bridgehead atoms. The second-order valence-corrected chi connectivity index (χ2v) is 4.08. The molecule has 5 nitrogen and oxygen atoms in total. The molecule has 1 heterocycles. The maximum absolute atomic E-state index is 11.3. The van der Waals surface area contributed by atoms with Crippen molar-refractivity contribution in [3.05, 3.63) is 53.3 Å². The highest BCUT2D eigenvalue weighted by molar-refractivity contribution is 5.94. The zero-order valence-corrected chi connectivity index (χ0v) is 11.7. The van der Waals surface area contributed by atoms with E-state index in [-0.39, 0.29) is 0 Å². The van der Waals surface area contributed by atoms with Crippen molar-refractivity contribution >= 4 is 5.91 Å². The maximum atomic E-state index is 11.3. The number of hydrogen-bond donors (Lipinski definition) is 1. The lowest BCUT2D eigenvalue weighted by Gasteiger charge is -2.06. The van der Waals surface area contributed by atoms with Gasteiger partial charge >= 0.3 is 0 Å². The molecule has 5 heteroatoms. The van der Waals surface area contributed by atoms with Crippen LogP contribution in [0, 0.1) is 11.8 Å². The van der Waals surface area contributed by atoms with Gasteiger partial charge in [-0.25, -0.2) is 4.98 Å². The van der Waals surface area contributed by atoms with Crippen LogP contribution in [0.25, 0.3) is 0 Å². The number of nitrogens with zero attached hydrogens (tertiary/aromatic N) is 1. The third kappa shape index (κ3) is 3.31. The van der Waals surface area contributed by atoms with Gasteiger partial charge in [0, 0.05) is 11.8 Å². The van der Waals surface area contributed by atoms with E-state index in [1.54, 1.807) is 50.7 Å². The molecule has 0 unspecified atom stereocenters. The smallest absolute Gasteiger partial charge is 0.251 e. The summed E-state index contributed by atoms with van der Waals surface area (Å²) in [6.45, 7) is 0. The number of amides is 1. The van der Waals surface area contributed by atoms with E-state index in [1.807, 2.05) is 0 Å². The van der Waals surface area contributed by atoms with E-state index < -0.39 is 5.91 Å². The second kappa shape index (κ2) is 6.44. The molecule has 0 saturated heterocycles. The van der Waals surface area contributed by atoms with E-state index in [0.717, 1.165) is 0 Å². The van der Waals surface area contributed by atoms with Crippen LogP contribution < -0.4 is 15.2 Å². The Morgan fingerprint density at radius 3 is 2.57 bits per heavy atom. The first-order chi connectivity index (χ1) is 10.2. The molecular weight excluding hydrogens is 268 g/mol. The van der Waals surface area contributed by atoms with Gasteiger partial charge in [0.2, 0.25) is 0 Å². The Morgan fingerprint density at radius 1 is 1.14 bits per heavy atom. The standard InChI is InChI=1S/C16H14N2O3/c1-20-14-8-6-11(10-15(14)21-2)5-7-13-12(16(17)19)4-3-9-18-13/h3-4,6,8-10H,1-2H3,(H2,17,19). The minimum absolute atomic E-state index is 0.297. The summed E-state index contributed by atoms with van der Waals surface area (Å²) in [4.78, 5) is 15.4. The van der Waals surface area contributed by atoms with Gasteiger partial charge < -0.3 is 15.2 Å². The molecule has 106 valence electrons. The number of methoxy groups -OCH3 is 2. The number of carbonyl (C=O) groups excluding carboxylic acids is 1. The van der Waals surface area contributed by atoms with Crippen molar-refractivity contribution < 1.29 is 14.3 Å². The SMILES string of the molecule is COc1ccc(C#Cc2ncccc2C(N)=O)cc1OC. The normalized spacial score (nSPS) is 9.43. The highest BCUT2D eigenvalue weighted by Gasteiger charge is 2.06. The van der Waals surface area contributed by atoms with Gasteiger partial charge in [-0.2, -0.15) is 0 Å². The average molecular weight is 282 g/mol. The van der Waals surface area contributed by atoms with Crippen molar-refractivity contribution in [1.82, 2.24) is 4.98 Å². The third-order valence-electron chi connectivity index (χ3n) is 2.78. The molecule has 0 radical (unpaired) electrons. The minimum atomic E-state index is -0.556. The topological polar surface area (TPSA) is 74.4 Å². The van der Waals surface area contributed by atoms with Gasteiger partial charge in [0.1, 0.15) is 5.69 Å². The van der Waals surface area contributed by atoms with Crippen LogP contribution in [-0.2, 0) is 0 Å². The molecule has 0 atom stereocenters. The number of hydrogen-bond acceptors (Lipinski definition) is 4. The Morgan fingerprint density at radius 2 is 1.90 bits per heavy atom. The quantitative estimate of drug-likeness (QED) is 0.868. The van der Waals surface area contributed by atoms with Crippen molar-refractivity contribution in [3.63, 3.8) is 0 Å². The summed E-state index contributed by atoms with van der Waals surface area (Å²) >= 11 is 0. The number of benzene rings is 1. The molecule has 0 aliphatic rings. The lowest BCUT2D eigenvalue weighted by molar-refractivity contribution is 0.0999. The first kappa shape index (κ1) is 14.4. The van der Waals surface area contributed by atoms with Gasteiger partial charge in [0.05, 0.1) is 19.8 Å². The molecule has 1 aromatic carbocycles. The van der Waals surface area contributed by atoms with Crippen LogP contribution in [0.1, 0.15) is 21.6 Å². The maximum Gasteiger partial charge on any atom is 0.251 e. The molecule has 0 aliphatic carbocycles. The molecular formula is C16H14N2O3. The lowest BCUT2D eigenvalue weighted by Crippen LogP contribution is -2.13. The minimum Gasteiger partial charge on any atom is -0.493 e. The van der Waals surface area contributed by atoms with Crippen LogP contribution in [0.3, 0.4) is 0 Å². The molecule has 1 amide bonds. The molecule has 0 saturated carbocycles. The third-order valence-corrected chi connectivity index (χ3v) is 2.78. The molecule has 0 spiro atoms. The van der Waals surface area contributed by atoms with Gasteiger partial charge in [-0.1, -0.05) is 5.92 Å². The highest BCUT2D eigenvalue weighted by atomic mass is 16.5. The van der Waals surface area contributed by atoms with E-state index in [4.69, 9.17) is 15.2 Å². The molecule has 0 aliphatic heterocycles. The molecule has 0 fully saturated rings. The second-order valence-electron chi connectivity index (χ2n) is 4.08. The average Bonchev–Trinajstić information content (AvgIpc) is 2.52. The van der Waals surface area contributed by atoms with Gasteiger partial charge in [-0.05, 0) is 36.3 Å². The Hall–Kier alpha value is -3.00. The first-order valence-corrected chi connectivity index (χ1v) is 6.14. The van der Waals surface area contributed by atoms with E-state index in [2.05, 4.69) is 16.8 Å². The summed E-state index contributed by atoms with van der Waals surface area (Å²) in [6, 6.07) is 8.53. The Labute approximate surface area is 122 Å². The van der Waals surface area contributed by atoms with E-state index in [0.29, 0.717) is 28.3 Å². The van der Waals surface area contributed by atoms with Gasteiger partial charge in [-0.15, -0.1) is 0 Å². The van der Waals surface area contributed by atoms with E-state index in [9.17, 15) is 4.79 Å². The zero-order valence-electron chi connectivity index (χ0n) is 11.7. The monoisotopic (exact) mass is 282 g/mol. The van der Waals surface area contributed by atoms with E-state index >= 15 is 0 Å². The van der Waals surface area contributed by atoms with Crippen LogP contribution in [0.5, 0.6) is 11.5 Å². The number of nitrogens with two attached hydrogens (primary N) is 1. The van der Waals surface area contributed by atoms with Crippen molar-refractivity contribution in [2.45, 2.75) is 0 Å². The first-order valence-electron chi connectivity index (χ1n) is 6.14. The zero-order chi connectivity index (χ0) is 15.2. The van der Waals surface area contributed by atoms with Crippen LogP contribution >= 0.6 is 0 Å². The van der Waals surface area contributed by atoms with Crippen molar-refractivity contribution in [2.24, 2.45) is 5.73 Å². The summed E-state index contributed by atoms with van der Waals surface area (Å²) in [5.74, 6) is 6.42. The highest BCUT2D eigenvalue weighted by Crippen LogP contribution is 2.27. The van der Waals surface area contributed by atoms with Crippen LogP contribution in [0.15, 0.2) is 36.5 Å². The summed E-state index contributed by atoms with van der Waals surface area (Å²) in [5, 5.41) is 0. The molecule has 2 rings (SSSR count). The number of rotatable bonds is 3. The van der Waals surface area contributed by atoms with Crippen molar-refractivity contribution in [3.8, 4) is 23.3 Å². The number of pyridine rings is 1. The fourth-order valence-corrected chi connectivity index (χ4v) is 1.75.